The number of nitrogen functional groups attached to an aromatic ring is 1. The number of anilines is 1. The Morgan fingerprint density at radius 3 is 2.59 bits per heavy atom. The zero-order valence-corrected chi connectivity index (χ0v) is 10.7. The number of thiazole rings is 1. The predicted molar refractivity (Wildman–Crippen MR) is 68.5 cm³/mol. The first-order valence-electron chi connectivity index (χ1n) is 5.29. The zero-order chi connectivity index (χ0) is 12.3. The average Bonchev–Trinajstić information content (AvgIpc) is 2.67. The lowest BCUT2D eigenvalue weighted by Crippen LogP contribution is -2.18. The number of nitrogens with zero attached hydrogens (tertiary/aromatic N) is 4. The lowest BCUT2D eigenvalue weighted by Gasteiger charge is -2.14. The minimum Gasteiger partial charge on any atom is -0.382 e. The summed E-state index contributed by atoms with van der Waals surface area (Å²) in [5.41, 5.74) is 7.49. The summed E-state index contributed by atoms with van der Waals surface area (Å²) in [6.45, 7) is 3.57. The van der Waals surface area contributed by atoms with Gasteiger partial charge in [-0.2, -0.15) is 0 Å². The second-order valence-electron chi connectivity index (χ2n) is 3.96. The first-order valence-corrected chi connectivity index (χ1v) is 6.17. The highest BCUT2D eigenvalue weighted by Gasteiger charge is 2.05. The number of nitrogens with two attached hydrogens (primary N) is 1. The predicted octanol–water partition coefficient (Wildman–Crippen LogP) is 1.46. The van der Waals surface area contributed by atoms with Gasteiger partial charge in [0.2, 0.25) is 0 Å². The van der Waals surface area contributed by atoms with Gasteiger partial charge in [0.1, 0.15) is 5.82 Å². The van der Waals surface area contributed by atoms with Gasteiger partial charge in [-0.1, -0.05) is 0 Å². The van der Waals surface area contributed by atoms with Crippen molar-refractivity contribution in [2.75, 3.05) is 12.8 Å². The van der Waals surface area contributed by atoms with E-state index >= 15 is 0 Å². The Morgan fingerprint density at radius 2 is 2.00 bits per heavy atom. The zero-order valence-electron chi connectivity index (χ0n) is 9.92. The van der Waals surface area contributed by atoms with Crippen LogP contribution < -0.4 is 5.73 Å². The molecule has 2 rings (SSSR count). The minimum absolute atomic E-state index is 0.450. The van der Waals surface area contributed by atoms with Crippen molar-refractivity contribution in [1.82, 2.24) is 19.9 Å². The van der Waals surface area contributed by atoms with Gasteiger partial charge < -0.3 is 5.73 Å². The highest BCUT2D eigenvalue weighted by molar-refractivity contribution is 7.09. The Kier molecular flexibility index (Phi) is 3.65. The molecule has 0 saturated carbocycles. The molecule has 0 amide bonds. The summed E-state index contributed by atoms with van der Waals surface area (Å²) in [6, 6.07) is 0. The van der Waals surface area contributed by atoms with E-state index in [9.17, 15) is 0 Å². The van der Waals surface area contributed by atoms with Gasteiger partial charge in [-0.25, -0.2) is 9.97 Å². The lowest BCUT2D eigenvalue weighted by molar-refractivity contribution is 0.311. The quantitative estimate of drug-likeness (QED) is 0.888. The van der Waals surface area contributed by atoms with E-state index in [1.165, 1.54) is 0 Å². The van der Waals surface area contributed by atoms with Gasteiger partial charge in [0.15, 0.2) is 0 Å². The van der Waals surface area contributed by atoms with Gasteiger partial charge in [0.25, 0.3) is 0 Å². The number of aromatic nitrogens is 3. The van der Waals surface area contributed by atoms with Gasteiger partial charge in [0.05, 0.1) is 28.8 Å². The lowest BCUT2D eigenvalue weighted by atomic mass is 10.3. The molecule has 0 saturated heterocycles. The maximum absolute atomic E-state index is 5.49. The molecule has 0 fully saturated rings. The fourth-order valence-corrected chi connectivity index (χ4v) is 2.14. The van der Waals surface area contributed by atoms with Crippen LogP contribution in [0.5, 0.6) is 0 Å². The van der Waals surface area contributed by atoms with Crippen molar-refractivity contribution in [3.05, 3.63) is 34.2 Å². The van der Waals surface area contributed by atoms with Crippen LogP contribution in [-0.2, 0) is 13.1 Å². The van der Waals surface area contributed by atoms with Crippen molar-refractivity contribution >= 4 is 17.2 Å². The number of hydrogen-bond acceptors (Lipinski definition) is 6. The third-order valence-corrected chi connectivity index (χ3v) is 3.08. The Labute approximate surface area is 104 Å². The first kappa shape index (κ1) is 11.9. The Morgan fingerprint density at radius 1 is 1.24 bits per heavy atom. The summed E-state index contributed by atoms with van der Waals surface area (Å²) >= 11 is 1.67. The molecule has 0 atom stereocenters. The van der Waals surface area contributed by atoms with Gasteiger partial charge in [-0.15, -0.1) is 11.3 Å². The van der Waals surface area contributed by atoms with E-state index in [0.717, 1.165) is 29.5 Å². The highest BCUT2D eigenvalue weighted by Crippen LogP contribution is 2.10. The molecule has 0 aliphatic rings. The molecular formula is C11H15N5S. The van der Waals surface area contributed by atoms with E-state index in [-0.39, 0.29) is 0 Å². The van der Waals surface area contributed by atoms with Crippen molar-refractivity contribution in [3.63, 3.8) is 0 Å². The molecule has 0 unspecified atom stereocenters. The largest absolute Gasteiger partial charge is 0.382 e. The smallest absolute Gasteiger partial charge is 0.141 e. The van der Waals surface area contributed by atoms with Crippen LogP contribution >= 0.6 is 11.3 Å². The molecule has 90 valence electrons. The topological polar surface area (TPSA) is 67.9 Å². The van der Waals surface area contributed by atoms with Crippen molar-refractivity contribution < 1.29 is 0 Å². The van der Waals surface area contributed by atoms with Crippen molar-refractivity contribution in [2.24, 2.45) is 0 Å². The fourth-order valence-electron chi connectivity index (χ4n) is 1.54. The maximum atomic E-state index is 5.49. The van der Waals surface area contributed by atoms with Gasteiger partial charge >= 0.3 is 0 Å². The molecule has 2 heterocycles. The average molecular weight is 249 g/mol. The normalized spacial score (nSPS) is 11.0. The monoisotopic (exact) mass is 249 g/mol. The molecule has 2 aromatic rings. The summed E-state index contributed by atoms with van der Waals surface area (Å²) < 4.78 is 0. The standard InChI is InChI=1S/C11H15N5S/c1-8-15-10(7-17-8)6-16(2)5-9-3-14-11(12)4-13-9/h3-4,7H,5-6H2,1-2H3,(H2,12,14). The molecule has 6 heteroatoms. The minimum atomic E-state index is 0.450. The van der Waals surface area contributed by atoms with Gasteiger partial charge in [-0.3, -0.25) is 9.88 Å². The number of rotatable bonds is 4. The Bertz CT molecular complexity index is 479. The van der Waals surface area contributed by atoms with Crippen LogP contribution in [0.4, 0.5) is 5.82 Å². The molecule has 0 bridgehead atoms. The van der Waals surface area contributed by atoms with E-state index in [2.05, 4.69) is 25.2 Å². The summed E-state index contributed by atoms with van der Waals surface area (Å²) in [5.74, 6) is 0.450. The molecule has 0 spiro atoms. The highest BCUT2D eigenvalue weighted by atomic mass is 32.1. The number of hydrogen-bond donors (Lipinski definition) is 1. The van der Waals surface area contributed by atoms with Crippen LogP contribution in [0.1, 0.15) is 16.4 Å². The number of aryl methyl sites for hydroxylation is 1. The third kappa shape index (κ3) is 3.47. The van der Waals surface area contributed by atoms with Crippen LogP contribution in [0.3, 0.4) is 0 Å². The summed E-state index contributed by atoms with van der Waals surface area (Å²) in [7, 11) is 2.03. The molecule has 0 aliphatic carbocycles. The molecule has 0 aromatic carbocycles. The van der Waals surface area contributed by atoms with E-state index < -0.39 is 0 Å². The van der Waals surface area contributed by atoms with E-state index in [1.54, 1.807) is 23.7 Å². The Hall–Kier alpha value is -1.53. The van der Waals surface area contributed by atoms with Gasteiger partial charge in [-0.05, 0) is 14.0 Å². The molecular weight excluding hydrogens is 234 g/mol. The molecule has 0 aliphatic heterocycles. The van der Waals surface area contributed by atoms with Crippen LogP contribution in [0.2, 0.25) is 0 Å². The summed E-state index contributed by atoms with van der Waals surface area (Å²) in [6.07, 6.45) is 3.29. The molecule has 17 heavy (non-hydrogen) atoms. The summed E-state index contributed by atoms with van der Waals surface area (Å²) in [5, 5.41) is 3.18. The van der Waals surface area contributed by atoms with Crippen LogP contribution in [0.25, 0.3) is 0 Å². The third-order valence-electron chi connectivity index (χ3n) is 2.26. The van der Waals surface area contributed by atoms with Crippen LogP contribution in [-0.4, -0.2) is 26.9 Å². The van der Waals surface area contributed by atoms with E-state index in [0.29, 0.717) is 5.82 Å². The van der Waals surface area contributed by atoms with Crippen molar-refractivity contribution in [3.8, 4) is 0 Å². The van der Waals surface area contributed by atoms with Crippen molar-refractivity contribution in [1.29, 1.82) is 0 Å². The van der Waals surface area contributed by atoms with E-state index in [1.807, 2.05) is 14.0 Å². The Balaban J connectivity index is 1.93. The van der Waals surface area contributed by atoms with Gasteiger partial charge in [0, 0.05) is 18.5 Å². The van der Waals surface area contributed by atoms with Crippen molar-refractivity contribution in [2.45, 2.75) is 20.0 Å². The summed E-state index contributed by atoms with van der Waals surface area (Å²) in [4.78, 5) is 14.8. The second-order valence-corrected chi connectivity index (χ2v) is 5.02. The molecule has 2 aromatic heterocycles. The molecule has 2 N–H and O–H groups in total. The van der Waals surface area contributed by atoms with Crippen LogP contribution in [0, 0.1) is 6.92 Å². The van der Waals surface area contributed by atoms with E-state index in [4.69, 9.17) is 5.73 Å². The molecule has 5 nitrogen and oxygen atoms in total. The SMILES string of the molecule is Cc1nc(CN(C)Cc2cnc(N)cn2)cs1. The molecule has 0 radical (unpaired) electrons. The fraction of sp³-hybridized carbons (Fsp3) is 0.364. The van der Waals surface area contributed by atoms with Crippen LogP contribution in [0.15, 0.2) is 17.8 Å². The first-order chi connectivity index (χ1) is 8.13. The maximum Gasteiger partial charge on any atom is 0.141 e. The second kappa shape index (κ2) is 5.20.